The van der Waals surface area contributed by atoms with Gasteiger partial charge in [0.15, 0.2) is 22.7 Å². The number of carboxylic acid groups (broad SMARTS) is 1. The van der Waals surface area contributed by atoms with Crippen LogP contribution in [0, 0.1) is 0 Å². The average Bonchev–Trinajstić information content (AvgIpc) is 4.16. The van der Waals surface area contributed by atoms with Gasteiger partial charge in [-0.1, -0.05) is 0 Å². The van der Waals surface area contributed by atoms with E-state index in [-0.39, 0.29) is 48.1 Å². The summed E-state index contributed by atoms with van der Waals surface area (Å²) in [7, 11) is 3.10. The maximum Gasteiger partial charge on any atom is 0.410 e. The molecule has 8 heterocycles. The van der Waals surface area contributed by atoms with Crippen LogP contribution in [-0.2, 0) is 27.4 Å². The number of anilines is 2. The summed E-state index contributed by atoms with van der Waals surface area (Å²) < 4.78 is 28.1. The van der Waals surface area contributed by atoms with Crippen molar-refractivity contribution in [1.82, 2.24) is 51.0 Å². The highest BCUT2D eigenvalue weighted by Gasteiger charge is 2.24. The number of nitrogens with zero attached hydrogens (tertiary/aromatic N) is 6. The van der Waals surface area contributed by atoms with Crippen molar-refractivity contribution in [3.63, 3.8) is 0 Å². The van der Waals surface area contributed by atoms with Gasteiger partial charge in [0, 0.05) is 111 Å². The minimum atomic E-state index is -1.04. The smallest absolute Gasteiger partial charge is 0.410 e. The second-order valence-corrected chi connectivity index (χ2v) is 20.2. The van der Waals surface area contributed by atoms with Gasteiger partial charge in [0.25, 0.3) is 5.91 Å². The van der Waals surface area contributed by atoms with Gasteiger partial charge in [0.05, 0.1) is 49.8 Å². The summed E-state index contributed by atoms with van der Waals surface area (Å²) in [5, 5.41) is 22.6. The molecular weight excluding hydrogens is 1080 g/mol. The quantitative estimate of drug-likeness (QED) is 0.0530. The van der Waals surface area contributed by atoms with Crippen LogP contribution < -0.4 is 42.2 Å². The molecule has 2 fully saturated rings. The highest BCUT2D eigenvalue weighted by molar-refractivity contribution is 5.96. The molecule has 4 amide bonds. The zero-order valence-corrected chi connectivity index (χ0v) is 47.1. The fraction of sp³-hybridized carbons (Fsp3) is 0.262. The Hall–Kier alpha value is -10.1. The lowest BCUT2D eigenvalue weighted by atomic mass is 10.1. The molecule has 436 valence electrons. The second kappa shape index (κ2) is 28.0. The molecule has 2 aliphatic rings. The third kappa shape index (κ3) is 16.7. The molecule has 2 saturated heterocycles. The molecule has 2 aliphatic heterocycles. The number of aromatic nitrogens is 4. The van der Waals surface area contributed by atoms with E-state index >= 15 is 0 Å². The molecule has 8 aromatic rings. The minimum absolute atomic E-state index is 0.0138. The zero-order valence-electron chi connectivity index (χ0n) is 47.1. The summed E-state index contributed by atoms with van der Waals surface area (Å²) in [6.07, 6.45) is 12.0. The first-order valence-corrected chi connectivity index (χ1v) is 26.8. The monoisotopic (exact) mass is 1140 g/mol. The Morgan fingerprint density at radius 3 is 1.45 bits per heavy atom. The van der Waals surface area contributed by atoms with E-state index in [9.17, 15) is 24.0 Å². The molecule has 0 saturated carbocycles. The van der Waals surface area contributed by atoms with E-state index in [4.69, 9.17) is 39.6 Å². The molecule has 0 aliphatic carbocycles. The van der Waals surface area contributed by atoms with Crippen LogP contribution in [0.15, 0.2) is 131 Å². The maximum atomic E-state index is 12.7. The molecule has 0 radical (unpaired) electrons. The Kier molecular flexibility index (Phi) is 20.0. The lowest BCUT2D eigenvalue weighted by Crippen LogP contribution is -2.48. The SMILES string of the molecule is CC(C)(C)OC(=O)N1CCNCC1.COc1cc(-c2ccc(C(=O)N3CCNCC3)cn2)cc2cc(CNC(=O)/C=C/c3ccc(N)nc3)oc12.COc1cc(-c2ccc(C(=O)O)cn2)cc2cc(CNC(=O)/C=C/c3ccc(N)nc3)oc12. The van der Waals surface area contributed by atoms with Crippen molar-refractivity contribution in [2.75, 3.05) is 78.0 Å². The van der Waals surface area contributed by atoms with Crippen molar-refractivity contribution in [1.29, 1.82) is 0 Å². The number of carboxylic acids is 1. The first-order chi connectivity index (χ1) is 40.4. The lowest BCUT2D eigenvalue weighted by Gasteiger charge is -2.30. The van der Waals surface area contributed by atoms with Gasteiger partial charge >= 0.3 is 12.1 Å². The molecular formula is C61H66N12O11. The predicted octanol–water partition coefficient (Wildman–Crippen LogP) is 7.19. The van der Waals surface area contributed by atoms with Crippen LogP contribution in [0.5, 0.6) is 11.5 Å². The number of hydrogen-bond donors (Lipinski definition) is 7. The fourth-order valence-corrected chi connectivity index (χ4v) is 8.57. The number of carbonyl (C=O) groups excluding carboxylic acids is 4. The molecule has 0 atom stereocenters. The number of rotatable bonds is 14. The third-order valence-electron chi connectivity index (χ3n) is 12.8. The number of nitrogen functional groups attached to an aromatic ring is 2. The summed E-state index contributed by atoms with van der Waals surface area (Å²) in [6, 6.07) is 24.7. The number of nitrogens with one attached hydrogen (secondary N) is 4. The first kappa shape index (κ1) is 60.0. The van der Waals surface area contributed by atoms with E-state index in [1.807, 2.05) is 56.0 Å². The number of pyridine rings is 4. The Labute approximate surface area is 484 Å². The van der Waals surface area contributed by atoms with Gasteiger partial charge in [0.1, 0.15) is 28.8 Å². The number of aromatic carboxylic acids is 1. The highest BCUT2D eigenvalue weighted by Crippen LogP contribution is 2.36. The van der Waals surface area contributed by atoms with Crippen LogP contribution >= 0.6 is 0 Å². The molecule has 2 aromatic carbocycles. The number of methoxy groups -OCH3 is 2. The van der Waals surface area contributed by atoms with E-state index in [2.05, 4.69) is 41.2 Å². The van der Waals surface area contributed by atoms with Gasteiger partial charge in [-0.15, -0.1) is 0 Å². The van der Waals surface area contributed by atoms with Gasteiger partial charge in [-0.25, -0.2) is 19.6 Å². The van der Waals surface area contributed by atoms with E-state index in [0.717, 1.165) is 72.3 Å². The van der Waals surface area contributed by atoms with Gasteiger partial charge in [-0.3, -0.25) is 24.4 Å². The summed E-state index contributed by atoms with van der Waals surface area (Å²) in [5.41, 5.74) is 16.9. The third-order valence-corrected chi connectivity index (χ3v) is 12.8. The number of fused-ring (bicyclic) bond motifs is 2. The standard InChI is InChI=1S/C28H28N6O4.C24H20N4O5.C9H18N2O2/c1-37-24-14-20(23-5-4-19(16-31-23)28(36)34-10-8-30-9-11-34)12-21-13-22(38-27(21)24)17-33-26(35)7-3-18-2-6-25(29)32-15-18;1-32-20-10-16(19-5-4-15(12-26-19)24(30)31)8-17-9-18(33-23(17)20)13-28-22(29)7-3-14-2-6-21(25)27-11-14;1-9(2,3)13-8(12)11-6-4-10-5-7-11/h2-7,12-16,30H,8-11,17H2,1H3,(H2,29,32)(H,33,35);2-12H,13H2,1H3,(H2,25,27)(H,28,29)(H,30,31);10H,4-7H2,1-3H3/b2*7-3+;. The normalized spacial score (nSPS) is 13.4. The van der Waals surface area contributed by atoms with Crippen molar-refractivity contribution >= 4 is 75.5 Å². The fourth-order valence-electron chi connectivity index (χ4n) is 8.57. The van der Waals surface area contributed by atoms with Crippen molar-refractivity contribution in [3.05, 3.63) is 156 Å². The number of ether oxygens (including phenoxy) is 3. The Balaban J connectivity index is 0.000000182. The van der Waals surface area contributed by atoms with Crippen molar-refractivity contribution in [2.24, 2.45) is 0 Å². The lowest BCUT2D eigenvalue weighted by molar-refractivity contribution is -0.117. The molecule has 84 heavy (non-hydrogen) atoms. The van der Waals surface area contributed by atoms with Gasteiger partial charge in [0.2, 0.25) is 11.8 Å². The van der Waals surface area contributed by atoms with Crippen LogP contribution in [0.1, 0.15) is 64.1 Å². The van der Waals surface area contributed by atoms with Crippen molar-refractivity contribution in [2.45, 2.75) is 39.5 Å². The van der Waals surface area contributed by atoms with Gasteiger partial charge in [-0.05, 0) is 129 Å². The Bertz CT molecular complexity index is 3640. The second-order valence-electron chi connectivity index (χ2n) is 20.2. The van der Waals surface area contributed by atoms with Crippen LogP contribution in [0.25, 0.3) is 56.6 Å². The Morgan fingerprint density at radius 1 is 0.607 bits per heavy atom. The first-order valence-electron chi connectivity index (χ1n) is 26.8. The van der Waals surface area contributed by atoms with E-state index < -0.39 is 5.97 Å². The van der Waals surface area contributed by atoms with Crippen LogP contribution in [0.3, 0.4) is 0 Å². The molecule has 0 spiro atoms. The number of benzene rings is 2. The van der Waals surface area contributed by atoms with Gasteiger partial charge < -0.3 is 70.7 Å². The maximum absolute atomic E-state index is 12.7. The predicted molar refractivity (Wildman–Crippen MR) is 317 cm³/mol. The number of nitrogens with two attached hydrogens (primary N) is 2. The number of furan rings is 2. The Morgan fingerprint density at radius 2 is 1.06 bits per heavy atom. The van der Waals surface area contributed by atoms with E-state index in [1.165, 1.54) is 31.5 Å². The molecule has 10 rings (SSSR count). The minimum Gasteiger partial charge on any atom is -0.493 e. The van der Waals surface area contributed by atoms with Crippen molar-refractivity contribution in [3.8, 4) is 34.0 Å². The van der Waals surface area contributed by atoms with E-state index in [0.29, 0.717) is 75.9 Å². The summed E-state index contributed by atoms with van der Waals surface area (Å²) in [6.45, 7) is 12.2. The molecule has 6 aromatic heterocycles. The highest BCUT2D eigenvalue weighted by atomic mass is 16.6. The largest absolute Gasteiger partial charge is 0.493 e. The number of hydrogen-bond acceptors (Lipinski definition) is 18. The summed E-state index contributed by atoms with van der Waals surface area (Å²) in [4.78, 5) is 80.0. The molecule has 23 heteroatoms. The molecule has 0 bridgehead atoms. The average molecular weight is 1140 g/mol. The molecule has 23 nitrogen and oxygen atoms in total. The van der Waals surface area contributed by atoms with Crippen LogP contribution in [0.4, 0.5) is 16.4 Å². The van der Waals surface area contributed by atoms with Crippen LogP contribution in [-0.4, -0.2) is 137 Å². The number of amides is 4. The molecule has 9 N–H and O–H groups in total. The summed E-state index contributed by atoms with van der Waals surface area (Å²) >= 11 is 0. The molecule has 0 unspecified atom stereocenters. The van der Waals surface area contributed by atoms with Gasteiger partial charge in [-0.2, -0.15) is 0 Å². The summed E-state index contributed by atoms with van der Waals surface area (Å²) in [5.74, 6) is 1.40. The van der Waals surface area contributed by atoms with Crippen LogP contribution in [0.2, 0.25) is 0 Å². The van der Waals surface area contributed by atoms with E-state index in [1.54, 1.807) is 91.3 Å². The number of carbonyl (C=O) groups is 5. The zero-order chi connectivity index (χ0) is 59.8. The topological polar surface area (TPSA) is 318 Å². The number of piperazine rings is 2. The van der Waals surface area contributed by atoms with Crippen molar-refractivity contribution < 1.29 is 52.1 Å².